The summed E-state index contributed by atoms with van der Waals surface area (Å²) >= 11 is 0. The molecule has 4 aliphatic rings. The molecule has 4 aromatic rings. The van der Waals surface area contributed by atoms with Crippen LogP contribution in [0.15, 0.2) is 115 Å². The fourth-order valence-electron chi connectivity index (χ4n) is 8.69. The molecule has 6 atom stereocenters. The topological polar surface area (TPSA) is 125 Å². The minimum Gasteiger partial charge on any atom is -0.491 e. The van der Waals surface area contributed by atoms with Gasteiger partial charge >= 0.3 is 11.9 Å². The van der Waals surface area contributed by atoms with Crippen molar-refractivity contribution in [3.05, 3.63) is 143 Å². The summed E-state index contributed by atoms with van der Waals surface area (Å²) in [6, 6.07) is 28.5. The molecule has 0 unspecified atom stereocenters. The van der Waals surface area contributed by atoms with E-state index in [1.807, 2.05) is 83.8 Å². The normalized spacial score (nSPS) is 26.3. The quantitative estimate of drug-likeness (QED) is 0.153. The molecule has 262 valence electrons. The van der Waals surface area contributed by atoms with E-state index in [0.29, 0.717) is 28.1 Å². The number of carboxylic acids is 1. The van der Waals surface area contributed by atoms with Crippen molar-refractivity contribution >= 4 is 23.5 Å². The van der Waals surface area contributed by atoms with E-state index in [0.717, 1.165) is 42.4 Å². The molecular formula is C43H38N2O7. The Labute approximate surface area is 301 Å². The van der Waals surface area contributed by atoms with Gasteiger partial charge in [-0.3, -0.25) is 19.3 Å². The van der Waals surface area contributed by atoms with Crippen LogP contribution in [0.4, 0.5) is 5.69 Å². The smallest absolute Gasteiger partial charge is 0.325 e. The molecule has 0 saturated carbocycles. The summed E-state index contributed by atoms with van der Waals surface area (Å²) in [5, 5.41) is 23.8. The van der Waals surface area contributed by atoms with Crippen LogP contribution >= 0.6 is 0 Å². The van der Waals surface area contributed by atoms with Gasteiger partial charge in [0.15, 0.2) is 0 Å². The van der Waals surface area contributed by atoms with Crippen molar-refractivity contribution in [1.82, 2.24) is 4.90 Å². The number of fused-ring (bicyclic) bond motifs is 3. The predicted octanol–water partition coefficient (Wildman–Crippen LogP) is 6.27. The number of carbonyl (C=O) groups excluding carboxylic acids is 2. The minimum absolute atomic E-state index is 0.0418. The lowest BCUT2D eigenvalue weighted by Crippen LogP contribution is -2.52. The van der Waals surface area contributed by atoms with Crippen LogP contribution in [0.3, 0.4) is 0 Å². The largest absolute Gasteiger partial charge is 0.491 e. The standard InChI is InChI=1S/C43H38N2O7/c46-23-24-51-32-18-10-17-31(26-32)39-43(33-25-28(21-22-34(33)44-42(43)50)20-19-27-11-4-1-5-12-27)35(40(47)48)37-41(49)52-38(30-15-8-3-9-16-30)36(45(37)39)29-13-6-2-7-14-29/h2-3,6-11,13-18,21-22,25-26,35-39,46H,1,4-5,12,23-24H2,(H,44,50)(H,47,48)/t35-,36-,37-,38+,39+,43-/m0/s1. The van der Waals surface area contributed by atoms with Crippen molar-refractivity contribution < 1.29 is 34.1 Å². The molecule has 3 aliphatic heterocycles. The van der Waals surface area contributed by atoms with Crippen LogP contribution in [0, 0.1) is 17.8 Å². The second-order valence-corrected chi connectivity index (χ2v) is 13.7. The number of carboxylic acid groups (broad SMARTS) is 1. The summed E-state index contributed by atoms with van der Waals surface area (Å²) in [5.74, 6) is 2.94. The van der Waals surface area contributed by atoms with Crippen molar-refractivity contribution in [2.75, 3.05) is 18.5 Å². The Morgan fingerprint density at radius 2 is 1.63 bits per heavy atom. The number of ether oxygens (including phenoxy) is 2. The van der Waals surface area contributed by atoms with Gasteiger partial charge in [0, 0.05) is 11.3 Å². The first-order chi connectivity index (χ1) is 25.4. The molecular weight excluding hydrogens is 656 g/mol. The second kappa shape index (κ2) is 13.8. The number of nitrogens with zero attached hydrogens (tertiary/aromatic N) is 1. The monoisotopic (exact) mass is 694 g/mol. The number of cyclic esters (lactones) is 1. The number of hydrogen-bond donors (Lipinski definition) is 3. The maximum absolute atomic E-state index is 14.9. The Hall–Kier alpha value is -5.69. The molecule has 3 N–H and O–H groups in total. The average Bonchev–Trinajstić information content (AvgIpc) is 3.66. The van der Waals surface area contributed by atoms with Crippen molar-refractivity contribution in [2.45, 2.75) is 55.3 Å². The lowest BCUT2D eigenvalue weighted by Gasteiger charge is -2.46. The van der Waals surface area contributed by atoms with Crippen LogP contribution in [-0.2, 0) is 24.5 Å². The molecule has 2 fully saturated rings. The molecule has 4 aromatic carbocycles. The van der Waals surface area contributed by atoms with E-state index in [1.165, 1.54) is 0 Å². The van der Waals surface area contributed by atoms with E-state index >= 15 is 0 Å². The molecule has 3 heterocycles. The first-order valence-corrected chi connectivity index (χ1v) is 17.7. The summed E-state index contributed by atoms with van der Waals surface area (Å²) in [6.45, 7) is -0.162. The molecule has 1 spiro atoms. The third-order valence-electron chi connectivity index (χ3n) is 10.8. The number of carbonyl (C=O) groups is 3. The number of rotatable bonds is 7. The van der Waals surface area contributed by atoms with Gasteiger partial charge in [0.2, 0.25) is 5.91 Å². The van der Waals surface area contributed by atoms with Crippen LogP contribution in [0.1, 0.15) is 71.7 Å². The Morgan fingerprint density at radius 1 is 0.885 bits per heavy atom. The number of aliphatic hydroxyl groups excluding tert-OH is 1. The van der Waals surface area contributed by atoms with E-state index < -0.39 is 53.4 Å². The molecule has 0 radical (unpaired) electrons. The number of benzene rings is 4. The van der Waals surface area contributed by atoms with Crippen molar-refractivity contribution in [3.8, 4) is 17.6 Å². The summed E-state index contributed by atoms with van der Waals surface area (Å²) < 4.78 is 12.1. The van der Waals surface area contributed by atoms with E-state index in [1.54, 1.807) is 24.3 Å². The lowest BCUT2D eigenvalue weighted by atomic mass is 9.65. The Morgan fingerprint density at radius 3 is 2.35 bits per heavy atom. The molecule has 1 amide bonds. The maximum Gasteiger partial charge on any atom is 0.325 e. The van der Waals surface area contributed by atoms with Crippen LogP contribution < -0.4 is 10.1 Å². The van der Waals surface area contributed by atoms with E-state index in [4.69, 9.17) is 9.47 Å². The van der Waals surface area contributed by atoms with Gasteiger partial charge in [-0.05, 0) is 83.8 Å². The SMILES string of the molecule is O=C1O[C@H](c2ccccc2)[C@H](c2ccccc2)N2[C@H]1[C@@H](C(=O)O)[C@]1(C(=O)Nc3ccc(C#CC4=CCCCC4)cc31)[C@H]2c1cccc(OCCO)c1. The van der Waals surface area contributed by atoms with Gasteiger partial charge < -0.3 is 25.0 Å². The summed E-state index contributed by atoms with van der Waals surface area (Å²) in [7, 11) is 0. The first-order valence-electron chi connectivity index (χ1n) is 17.7. The maximum atomic E-state index is 14.9. The lowest BCUT2D eigenvalue weighted by molar-refractivity contribution is -0.179. The Balaban J connectivity index is 1.40. The number of anilines is 1. The van der Waals surface area contributed by atoms with Gasteiger partial charge in [-0.1, -0.05) is 90.7 Å². The highest BCUT2D eigenvalue weighted by atomic mass is 16.6. The van der Waals surface area contributed by atoms with Crippen LogP contribution in [-0.4, -0.2) is 52.2 Å². The third-order valence-corrected chi connectivity index (χ3v) is 10.8. The molecule has 2 saturated heterocycles. The highest BCUT2D eigenvalue weighted by Crippen LogP contribution is 2.64. The minimum atomic E-state index is -1.79. The number of nitrogens with one attached hydrogen (secondary N) is 1. The second-order valence-electron chi connectivity index (χ2n) is 13.7. The van der Waals surface area contributed by atoms with Gasteiger partial charge in [0.1, 0.15) is 35.8 Å². The number of allylic oxidation sites excluding steroid dienone is 2. The summed E-state index contributed by atoms with van der Waals surface area (Å²) in [5.41, 5.74) is 2.96. The van der Waals surface area contributed by atoms with Gasteiger partial charge in [0.05, 0.1) is 18.7 Å². The number of morpholine rings is 1. The number of amides is 1. The zero-order valence-electron chi connectivity index (χ0n) is 28.4. The van der Waals surface area contributed by atoms with Crippen LogP contribution in [0.2, 0.25) is 0 Å². The molecule has 8 rings (SSSR count). The number of esters is 1. The highest BCUT2D eigenvalue weighted by Gasteiger charge is 2.74. The number of aliphatic hydroxyl groups is 1. The van der Waals surface area contributed by atoms with Crippen molar-refractivity contribution in [1.29, 1.82) is 0 Å². The first kappa shape index (κ1) is 33.5. The predicted molar refractivity (Wildman–Crippen MR) is 193 cm³/mol. The summed E-state index contributed by atoms with van der Waals surface area (Å²) in [6.07, 6.45) is 5.44. The number of hydrogen-bond acceptors (Lipinski definition) is 7. The zero-order valence-corrected chi connectivity index (χ0v) is 28.4. The molecule has 0 bridgehead atoms. The van der Waals surface area contributed by atoms with Crippen LogP contribution in [0.25, 0.3) is 0 Å². The van der Waals surface area contributed by atoms with E-state index in [-0.39, 0.29) is 13.2 Å². The van der Waals surface area contributed by atoms with Crippen molar-refractivity contribution in [2.24, 2.45) is 5.92 Å². The van der Waals surface area contributed by atoms with E-state index in [9.17, 15) is 24.6 Å². The molecule has 1 aliphatic carbocycles. The number of aliphatic carboxylic acids is 1. The fraction of sp³-hybridized carbons (Fsp3) is 0.279. The Bertz CT molecular complexity index is 2120. The zero-order chi connectivity index (χ0) is 35.8. The van der Waals surface area contributed by atoms with Gasteiger partial charge in [-0.25, -0.2) is 0 Å². The molecule has 9 nitrogen and oxygen atoms in total. The van der Waals surface area contributed by atoms with Gasteiger partial charge in [-0.2, -0.15) is 0 Å². The summed E-state index contributed by atoms with van der Waals surface area (Å²) in [4.78, 5) is 45.1. The van der Waals surface area contributed by atoms with Gasteiger partial charge in [-0.15, -0.1) is 0 Å². The molecule has 9 heteroatoms. The molecule has 0 aromatic heterocycles. The third kappa shape index (κ3) is 5.56. The van der Waals surface area contributed by atoms with E-state index in [2.05, 4.69) is 23.2 Å². The Kier molecular flexibility index (Phi) is 8.87. The highest BCUT2D eigenvalue weighted by molar-refractivity contribution is 6.11. The fourth-order valence-corrected chi connectivity index (χ4v) is 8.69. The van der Waals surface area contributed by atoms with Gasteiger partial charge in [0.25, 0.3) is 0 Å². The average molecular weight is 695 g/mol. The molecule has 52 heavy (non-hydrogen) atoms. The van der Waals surface area contributed by atoms with Crippen molar-refractivity contribution in [3.63, 3.8) is 0 Å². The van der Waals surface area contributed by atoms with Crippen LogP contribution in [0.5, 0.6) is 5.75 Å².